The number of carbonyl (C=O) groups excluding carboxylic acids is 3. The Morgan fingerprint density at radius 2 is 1.65 bits per heavy atom. The number of ether oxygens (including phenoxy) is 3. The molecular weight excluding hydrogens is 434 g/mol. The second-order valence-electron chi connectivity index (χ2n) is 8.21. The van der Waals surface area contributed by atoms with Gasteiger partial charge in [-0.05, 0) is 20.3 Å². The Kier molecular flexibility index (Phi) is 12.6. The van der Waals surface area contributed by atoms with Gasteiger partial charge in [0, 0.05) is 24.8 Å². The largest absolute Gasteiger partial charge is 0.508 e. The quantitative estimate of drug-likeness (QED) is 0.214. The summed E-state index contributed by atoms with van der Waals surface area (Å²) in [5.41, 5.74) is -1.25. The number of aliphatic hydroxyl groups is 1. The highest BCUT2D eigenvalue weighted by molar-refractivity contribution is 7.86. The number of hydrogen-bond acceptors (Lipinski definition) is 10. The second-order valence-corrected chi connectivity index (χ2v) is 9.97. The summed E-state index contributed by atoms with van der Waals surface area (Å²) in [6.45, 7) is 8.85. The van der Waals surface area contributed by atoms with E-state index in [-0.39, 0.29) is 49.9 Å². The van der Waals surface area contributed by atoms with Gasteiger partial charge >= 0.3 is 12.1 Å². The first kappa shape index (κ1) is 29.1. The molecule has 0 aliphatic carbocycles. The van der Waals surface area contributed by atoms with Crippen LogP contribution < -0.4 is 5.32 Å². The lowest BCUT2D eigenvalue weighted by Gasteiger charge is -2.28. The maximum atomic E-state index is 12.1. The van der Waals surface area contributed by atoms with E-state index in [1.807, 2.05) is 0 Å². The molecule has 1 amide bonds. The molecule has 2 N–H and O–H groups in total. The maximum absolute atomic E-state index is 12.1. The highest BCUT2D eigenvalue weighted by Crippen LogP contribution is 2.23. The van der Waals surface area contributed by atoms with Gasteiger partial charge in [0.05, 0.1) is 25.1 Å². The monoisotopic (exact) mass is 469 g/mol. The van der Waals surface area contributed by atoms with Crippen LogP contribution in [0, 0.1) is 11.3 Å². The molecule has 0 saturated carbocycles. The normalized spacial score (nSPS) is 13.9. The summed E-state index contributed by atoms with van der Waals surface area (Å²) >= 11 is 0. The fraction of sp³-hybridized carbons (Fsp3) is 0.842. The molecule has 31 heavy (non-hydrogen) atoms. The van der Waals surface area contributed by atoms with Crippen molar-refractivity contribution in [3.8, 4) is 0 Å². The number of esters is 1. The minimum atomic E-state index is -3.90. The lowest BCUT2D eigenvalue weighted by atomic mass is 9.87. The van der Waals surface area contributed by atoms with Crippen molar-refractivity contribution in [2.75, 3.05) is 32.1 Å². The van der Waals surface area contributed by atoms with E-state index in [4.69, 9.17) is 18.4 Å². The van der Waals surface area contributed by atoms with Gasteiger partial charge in [0.15, 0.2) is 6.10 Å². The number of carbonyl (C=O) groups is 3. The molecule has 0 heterocycles. The minimum Gasteiger partial charge on any atom is -0.463 e. The number of amides is 1. The SMILES string of the molecule is CC(=O)NCCCS(=O)(=O)OCC(C)(C)[C@@H](O)C(=O)OCC(C)COC(=O)OC(C)C. The molecule has 0 aromatic carbocycles. The van der Waals surface area contributed by atoms with Crippen molar-refractivity contribution in [3.05, 3.63) is 0 Å². The smallest absolute Gasteiger partial charge is 0.463 e. The molecular formula is C19H35NO10S. The Bertz CT molecular complexity index is 690. The zero-order valence-electron chi connectivity index (χ0n) is 19.0. The average molecular weight is 470 g/mol. The van der Waals surface area contributed by atoms with E-state index in [9.17, 15) is 27.9 Å². The average Bonchev–Trinajstić information content (AvgIpc) is 2.65. The molecule has 0 aromatic rings. The molecule has 0 radical (unpaired) electrons. The van der Waals surface area contributed by atoms with Crippen molar-refractivity contribution in [3.63, 3.8) is 0 Å². The molecule has 0 aliphatic heterocycles. The Balaban J connectivity index is 4.42. The Labute approximate surface area is 183 Å². The summed E-state index contributed by atoms with van der Waals surface area (Å²) in [4.78, 5) is 34.2. The van der Waals surface area contributed by atoms with Crippen molar-refractivity contribution < 1.29 is 46.3 Å². The first-order valence-electron chi connectivity index (χ1n) is 9.96. The van der Waals surface area contributed by atoms with Crippen LogP contribution >= 0.6 is 0 Å². The Hall–Kier alpha value is -1.92. The lowest BCUT2D eigenvalue weighted by molar-refractivity contribution is -0.163. The van der Waals surface area contributed by atoms with E-state index in [0.29, 0.717) is 0 Å². The molecule has 2 atom stereocenters. The summed E-state index contributed by atoms with van der Waals surface area (Å²) in [6, 6.07) is 0. The first-order chi connectivity index (χ1) is 14.2. The molecule has 0 aromatic heterocycles. The molecule has 0 bridgehead atoms. The van der Waals surface area contributed by atoms with Crippen molar-refractivity contribution in [2.45, 2.75) is 60.2 Å². The van der Waals surface area contributed by atoms with Crippen molar-refractivity contribution in [2.24, 2.45) is 11.3 Å². The summed E-state index contributed by atoms with van der Waals surface area (Å²) in [5.74, 6) is -1.88. The summed E-state index contributed by atoms with van der Waals surface area (Å²) < 4.78 is 43.5. The molecule has 0 saturated heterocycles. The maximum Gasteiger partial charge on any atom is 0.508 e. The van der Waals surface area contributed by atoms with Gasteiger partial charge in [0.2, 0.25) is 5.91 Å². The fourth-order valence-corrected chi connectivity index (χ4v) is 3.10. The van der Waals surface area contributed by atoms with E-state index >= 15 is 0 Å². The highest BCUT2D eigenvalue weighted by Gasteiger charge is 2.36. The standard InChI is InChI=1S/C19H35NO10S/c1-13(2)30-18(24)28-11-14(3)10-27-17(23)16(22)19(5,6)12-29-31(25,26)9-7-8-20-15(4)21/h13-14,16,22H,7-12H2,1-6H3,(H,20,21)/t14?,16-/m0/s1. The van der Waals surface area contributed by atoms with Gasteiger partial charge in [-0.15, -0.1) is 0 Å². The van der Waals surface area contributed by atoms with Crippen LogP contribution in [-0.2, 0) is 38.1 Å². The van der Waals surface area contributed by atoms with Gasteiger partial charge in [-0.2, -0.15) is 8.42 Å². The Morgan fingerprint density at radius 1 is 1.06 bits per heavy atom. The minimum absolute atomic E-state index is 0.0435. The molecule has 0 aliphatic rings. The van der Waals surface area contributed by atoms with Crippen LogP contribution in [0.3, 0.4) is 0 Å². The molecule has 182 valence electrons. The highest BCUT2D eigenvalue weighted by atomic mass is 32.2. The van der Waals surface area contributed by atoms with E-state index < -0.39 is 40.4 Å². The third-order valence-electron chi connectivity index (χ3n) is 3.85. The second kappa shape index (κ2) is 13.5. The fourth-order valence-electron chi connectivity index (χ4n) is 2.00. The predicted octanol–water partition coefficient (Wildman–Crippen LogP) is 0.987. The molecule has 0 spiro atoms. The van der Waals surface area contributed by atoms with Crippen LogP contribution in [0.4, 0.5) is 4.79 Å². The van der Waals surface area contributed by atoms with Gasteiger partial charge in [0.25, 0.3) is 10.1 Å². The molecule has 11 nitrogen and oxygen atoms in total. The number of rotatable bonds is 14. The predicted molar refractivity (Wildman–Crippen MR) is 111 cm³/mol. The van der Waals surface area contributed by atoms with Crippen LogP contribution in [0.5, 0.6) is 0 Å². The van der Waals surface area contributed by atoms with Crippen LogP contribution in [0.2, 0.25) is 0 Å². The topological polar surface area (TPSA) is 155 Å². The summed E-state index contributed by atoms with van der Waals surface area (Å²) in [7, 11) is -3.90. The van der Waals surface area contributed by atoms with Gasteiger partial charge in [-0.1, -0.05) is 20.8 Å². The van der Waals surface area contributed by atoms with Gasteiger partial charge in [0.1, 0.15) is 6.61 Å². The van der Waals surface area contributed by atoms with E-state index in [2.05, 4.69) is 5.32 Å². The van der Waals surface area contributed by atoms with E-state index in [1.54, 1.807) is 20.8 Å². The van der Waals surface area contributed by atoms with Crippen molar-refractivity contribution >= 4 is 28.1 Å². The van der Waals surface area contributed by atoms with Crippen LogP contribution in [0.15, 0.2) is 0 Å². The third kappa shape index (κ3) is 13.9. The zero-order chi connectivity index (χ0) is 24.2. The first-order valence-corrected chi connectivity index (χ1v) is 11.5. The van der Waals surface area contributed by atoms with Gasteiger partial charge in [-0.25, -0.2) is 9.59 Å². The van der Waals surface area contributed by atoms with Crippen LogP contribution in [0.1, 0.15) is 48.0 Å². The van der Waals surface area contributed by atoms with E-state index in [0.717, 1.165) is 0 Å². The van der Waals surface area contributed by atoms with Crippen molar-refractivity contribution in [1.82, 2.24) is 5.32 Å². The molecule has 12 heteroatoms. The number of nitrogens with one attached hydrogen (secondary N) is 1. The summed E-state index contributed by atoms with van der Waals surface area (Å²) in [6.07, 6.45) is -2.62. The molecule has 0 rings (SSSR count). The Morgan fingerprint density at radius 3 is 2.19 bits per heavy atom. The van der Waals surface area contributed by atoms with Crippen LogP contribution in [-0.4, -0.2) is 75.9 Å². The number of hydrogen-bond donors (Lipinski definition) is 2. The van der Waals surface area contributed by atoms with Crippen LogP contribution in [0.25, 0.3) is 0 Å². The lowest BCUT2D eigenvalue weighted by Crippen LogP contribution is -2.42. The van der Waals surface area contributed by atoms with Crippen molar-refractivity contribution in [1.29, 1.82) is 0 Å². The van der Waals surface area contributed by atoms with Gasteiger partial charge < -0.3 is 24.6 Å². The summed E-state index contributed by atoms with van der Waals surface area (Å²) in [5, 5.41) is 12.7. The zero-order valence-corrected chi connectivity index (χ0v) is 19.8. The number of aliphatic hydroxyl groups excluding tert-OH is 1. The van der Waals surface area contributed by atoms with Gasteiger partial charge in [-0.3, -0.25) is 8.98 Å². The van der Waals surface area contributed by atoms with E-state index in [1.165, 1.54) is 20.8 Å². The molecule has 0 fully saturated rings. The third-order valence-corrected chi connectivity index (χ3v) is 5.11. The molecule has 1 unspecified atom stereocenters.